The number of hydrogen-bond acceptors (Lipinski definition) is 4. The molecule has 2 aliphatic rings. The van der Waals surface area contributed by atoms with E-state index < -0.39 is 0 Å². The van der Waals surface area contributed by atoms with Gasteiger partial charge >= 0.3 is 0 Å². The SMILES string of the molecule is CCNC(=NCC1(CCOC)CCCC1)NCC1(c2ccc(OC)cc2)CCOCC1.I. The molecule has 3 rings (SSSR count). The molecule has 1 heterocycles. The Balaban J connectivity index is 0.00000363. The van der Waals surface area contributed by atoms with Crippen LogP contribution >= 0.6 is 24.0 Å². The lowest BCUT2D eigenvalue weighted by Crippen LogP contribution is -2.48. The zero-order valence-corrected chi connectivity index (χ0v) is 22.4. The maximum atomic E-state index is 5.70. The van der Waals surface area contributed by atoms with Crippen molar-refractivity contribution in [3.05, 3.63) is 29.8 Å². The number of methoxy groups -OCH3 is 2. The Kier molecular flexibility index (Phi) is 11.6. The van der Waals surface area contributed by atoms with Crippen molar-refractivity contribution in [3.8, 4) is 5.75 Å². The number of hydrogen-bond donors (Lipinski definition) is 2. The lowest BCUT2D eigenvalue weighted by Gasteiger charge is -2.38. The number of rotatable bonds is 10. The summed E-state index contributed by atoms with van der Waals surface area (Å²) in [7, 11) is 3.51. The van der Waals surface area contributed by atoms with Crippen LogP contribution in [0.1, 0.15) is 57.4 Å². The average molecular weight is 560 g/mol. The predicted molar refractivity (Wildman–Crippen MR) is 142 cm³/mol. The average Bonchev–Trinajstić information content (AvgIpc) is 3.29. The van der Waals surface area contributed by atoms with E-state index in [4.69, 9.17) is 19.2 Å². The maximum Gasteiger partial charge on any atom is 0.191 e. The van der Waals surface area contributed by atoms with Crippen LogP contribution in [0.2, 0.25) is 0 Å². The van der Waals surface area contributed by atoms with E-state index >= 15 is 0 Å². The number of benzene rings is 1. The molecule has 0 radical (unpaired) electrons. The highest BCUT2D eigenvalue weighted by Gasteiger charge is 2.36. The third kappa shape index (κ3) is 7.22. The van der Waals surface area contributed by atoms with Gasteiger partial charge < -0.3 is 24.8 Å². The number of nitrogens with zero attached hydrogens (tertiary/aromatic N) is 1. The van der Waals surface area contributed by atoms with Gasteiger partial charge in [0.15, 0.2) is 5.96 Å². The minimum atomic E-state index is 0. The van der Waals surface area contributed by atoms with Crippen LogP contribution in [0.5, 0.6) is 5.75 Å². The number of ether oxygens (including phenoxy) is 3. The summed E-state index contributed by atoms with van der Waals surface area (Å²) in [6, 6.07) is 8.53. The first-order valence-electron chi connectivity index (χ1n) is 11.9. The molecule has 0 bridgehead atoms. The smallest absolute Gasteiger partial charge is 0.191 e. The third-order valence-corrected chi connectivity index (χ3v) is 7.16. The maximum absolute atomic E-state index is 5.70. The molecule has 0 spiro atoms. The number of halogens is 1. The summed E-state index contributed by atoms with van der Waals surface area (Å²) in [5, 5.41) is 7.14. The summed E-state index contributed by atoms with van der Waals surface area (Å²) in [6.07, 6.45) is 8.24. The van der Waals surface area contributed by atoms with Gasteiger partial charge in [0.25, 0.3) is 0 Å². The van der Waals surface area contributed by atoms with Gasteiger partial charge in [-0.2, -0.15) is 0 Å². The van der Waals surface area contributed by atoms with Crippen molar-refractivity contribution >= 4 is 29.9 Å². The lowest BCUT2D eigenvalue weighted by molar-refractivity contribution is 0.0513. The highest BCUT2D eigenvalue weighted by molar-refractivity contribution is 14.0. The molecule has 0 aromatic heterocycles. The first kappa shape index (κ1) is 27.2. The fourth-order valence-electron chi connectivity index (χ4n) is 5.05. The van der Waals surface area contributed by atoms with Crippen LogP contribution in [0.4, 0.5) is 0 Å². The minimum Gasteiger partial charge on any atom is -0.497 e. The molecular formula is C25H42IN3O3. The van der Waals surface area contributed by atoms with Crippen molar-refractivity contribution in [2.45, 2.75) is 57.3 Å². The molecular weight excluding hydrogens is 517 g/mol. The fourth-order valence-corrected chi connectivity index (χ4v) is 5.05. The van der Waals surface area contributed by atoms with E-state index in [0.29, 0.717) is 5.41 Å². The molecule has 1 saturated carbocycles. The topological polar surface area (TPSA) is 64.1 Å². The number of guanidine groups is 1. The van der Waals surface area contributed by atoms with Crippen LogP contribution < -0.4 is 15.4 Å². The van der Waals surface area contributed by atoms with E-state index in [-0.39, 0.29) is 29.4 Å². The van der Waals surface area contributed by atoms with Crippen molar-refractivity contribution < 1.29 is 14.2 Å². The molecule has 1 aliphatic carbocycles. The quantitative estimate of drug-likeness (QED) is 0.251. The second kappa shape index (κ2) is 13.6. The summed E-state index contributed by atoms with van der Waals surface area (Å²) < 4.78 is 16.4. The van der Waals surface area contributed by atoms with Crippen LogP contribution in [0.15, 0.2) is 29.3 Å². The number of nitrogens with one attached hydrogen (secondary N) is 2. The molecule has 182 valence electrons. The molecule has 2 N–H and O–H groups in total. The molecule has 32 heavy (non-hydrogen) atoms. The summed E-state index contributed by atoms with van der Waals surface area (Å²) >= 11 is 0. The Hall–Kier alpha value is -1.06. The van der Waals surface area contributed by atoms with E-state index in [1.54, 1.807) is 14.2 Å². The van der Waals surface area contributed by atoms with E-state index in [0.717, 1.165) is 70.4 Å². The molecule has 1 aromatic rings. The highest BCUT2D eigenvalue weighted by atomic mass is 127. The Morgan fingerprint density at radius 2 is 1.72 bits per heavy atom. The normalized spacial score (nSPS) is 19.8. The molecule has 0 atom stereocenters. The van der Waals surface area contributed by atoms with Crippen molar-refractivity contribution in [2.24, 2.45) is 10.4 Å². The first-order valence-corrected chi connectivity index (χ1v) is 11.9. The Bertz CT molecular complexity index is 684. The molecule has 1 aromatic carbocycles. The highest BCUT2D eigenvalue weighted by Crippen LogP contribution is 2.41. The van der Waals surface area contributed by atoms with Crippen LogP contribution in [-0.2, 0) is 14.9 Å². The zero-order chi connectivity index (χ0) is 22.0. The van der Waals surface area contributed by atoms with Gasteiger partial charge in [-0.25, -0.2) is 0 Å². The Morgan fingerprint density at radius 1 is 1.03 bits per heavy atom. The van der Waals surface area contributed by atoms with Crippen LogP contribution in [0.25, 0.3) is 0 Å². The van der Waals surface area contributed by atoms with E-state index in [1.165, 1.54) is 31.2 Å². The monoisotopic (exact) mass is 559 g/mol. The van der Waals surface area contributed by atoms with E-state index in [1.807, 2.05) is 0 Å². The zero-order valence-electron chi connectivity index (χ0n) is 20.1. The van der Waals surface area contributed by atoms with Crippen LogP contribution in [-0.4, -0.2) is 59.6 Å². The Morgan fingerprint density at radius 3 is 2.31 bits per heavy atom. The summed E-state index contributed by atoms with van der Waals surface area (Å²) in [5.74, 6) is 1.82. The molecule has 0 amide bonds. The standard InChI is InChI=1S/C25H41N3O3.HI/c1-4-26-23(27-19-24(13-16-29-2)11-5-6-12-24)28-20-25(14-17-31-18-15-25)21-7-9-22(30-3)10-8-21;/h7-10H,4-6,11-20H2,1-3H3,(H2,26,27,28);1H. The Labute approximate surface area is 211 Å². The van der Waals surface area contributed by atoms with Gasteiger partial charge in [-0.15, -0.1) is 24.0 Å². The molecule has 2 fully saturated rings. The van der Waals surface area contributed by atoms with Gasteiger partial charge in [0.05, 0.1) is 7.11 Å². The van der Waals surface area contributed by atoms with Crippen LogP contribution in [0.3, 0.4) is 0 Å². The molecule has 0 unspecified atom stereocenters. The van der Waals surface area contributed by atoms with Gasteiger partial charge in [0.2, 0.25) is 0 Å². The largest absolute Gasteiger partial charge is 0.497 e. The molecule has 1 saturated heterocycles. The molecule has 6 nitrogen and oxygen atoms in total. The van der Waals surface area contributed by atoms with Gasteiger partial charge in [-0.1, -0.05) is 25.0 Å². The van der Waals surface area contributed by atoms with Gasteiger partial charge in [0, 0.05) is 52.0 Å². The van der Waals surface area contributed by atoms with Gasteiger partial charge in [-0.05, 0) is 62.1 Å². The number of aliphatic imine (C=N–C) groups is 1. The van der Waals surface area contributed by atoms with E-state index in [9.17, 15) is 0 Å². The van der Waals surface area contributed by atoms with Crippen molar-refractivity contribution in [3.63, 3.8) is 0 Å². The lowest BCUT2D eigenvalue weighted by atomic mass is 9.74. The summed E-state index contributed by atoms with van der Waals surface area (Å²) in [6.45, 7) is 7.10. The van der Waals surface area contributed by atoms with E-state index in [2.05, 4.69) is 41.8 Å². The predicted octanol–water partition coefficient (Wildman–Crippen LogP) is 4.51. The minimum absolute atomic E-state index is 0. The van der Waals surface area contributed by atoms with Crippen molar-refractivity contribution in [1.29, 1.82) is 0 Å². The third-order valence-electron chi connectivity index (χ3n) is 7.16. The van der Waals surface area contributed by atoms with Crippen LogP contribution in [0, 0.1) is 5.41 Å². The van der Waals surface area contributed by atoms with Gasteiger partial charge in [0.1, 0.15) is 5.75 Å². The molecule has 1 aliphatic heterocycles. The fraction of sp³-hybridized carbons (Fsp3) is 0.720. The van der Waals surface area contributed by atoms with Gasteiger partial charge in [-0.3, -0.25) is 4.99 Å². The summed E-state index contributed by atoms with van der Waals surface area (Å²) in [5.41, 5.74) is 1.68. The second-order valence-electron chi connectivity index (χ2n) is 9.12. The first-order chi connectivity index (χ1) is 15.2. The second-order valence-corrected chi connectivity index (χ2v) is 9.12. The summed E-state index contributed by atoms with van der Waals surface area (Å²) in [4.78, 5) is 5.04. The molecule has 7 heteroatoms. The van der Waals surface area contributed by atoms with Crippen molar-refractivity contribution in [1.82, 2.24) is 10.6 Å². The van der Waals surface area contributed by atoms with Crippen molar-refractivity contribution in [2.75, 3.05) is 53.7 Å².